The summed E-state index contributed by atoms with van der Waals surface area (Å²) in [5, 5.41) is 6.51. The van der Waals surface area contributed by atoms with Gasteiger partial charge in [0.1, 0.15) is 5.58 Å². The van der Waals surface area contributed by atoms with Gasteiger partial charge in [-0.25, -0.2) is 0 Å². The molecule has 0 bridgehead atoms. The second-order valence-corrected chi connectivity index (χ2v) is 6.95. The number of nitrogens with zero attached hydrogens (tertiary/aromatic N) is 1. The van der Waals surface area contributed by atoms with Gasteiger partial charge >= 0.3 is 0 Å². The smallest absolute Gasteiger partial charge is 0.293 e. The number of amides is 2. The lowest BCUT2D eigenvalue weighted by Crippen LogP contribution is -2.40. The lowest BCUT2D eigenvalue weighted by molar-refractivity contribution is 0.0303. The highest BCUT2D eigenvalue weighted by molar-refractivity contribution is 7.80. The fourth-order valence-corrected chi connectivity index (χ4v) is 3.28. The number of carbonyl (C=O) groups is 2. The van der Waals surface area contributed by atoms with Gasteiger partial charge in [0.15, 0.2) is 10.9 Å². The van der Waals surface area contributed by atoms with E-state index in [0.29, 0.717) is 43.1 Å². The molecule has 8 heteroatoms. The number of nitrogens with one attached hydrogen (secondary N) is 2. The van der Waals surface area contributed by atoms with Gasteiger partial charge in [-0.2, -0.15) is 0 Å². The number of ether oxygens (including phenoxy) is 1. The summed E-state index contributed by atoms with van der Waals surface area (Å²) in [6.45, 7) is 2.31. The number of rotatable bonds is 3. The van der Waals surface area contributed by atoms with E-state index in [9.17, 15) is 9.59 Å². The Bertz CT molecular complexity index is 1020. The molecule has 0 unspecified atom stereocenters. The fraction of sp³-hybridized carbons (Fsp3) is 0.190. The Labute approximate surface area is 172 Å². The zero-order chi connectivity index (χ0) is 20.2. The summed E-state index contributed by atoms with van der Waals surface area (Å²) in [7, 11) is 0. The summed E-state index contributed by atoms with van der Waals surface area (Å²) in [6, 6.07) is 16.0. The van der Waals surface area contributed by atoms with Crippen LogP contribution in [0.4, 0.5) is 5.69 Å². The molecule has 29 heavy (non-hydrogen) atoms. The maximum absolute atomic E-state index is 12.5. The Morgan fingerprint density at radius 1 is 1.00 bits per heavy atom. The van der Waals surface area contributed by atoms with Crippen LogP contribution in [0.15, 0.2) is 59.0 Å². The van der Waals surface area contributed by atoms with Crippen LogP contribution in [-0.4, -0.2) is 48.1 Å². The molecule has 1 aliphatic rings. The predicted octanol–water partition coefficient (Wildman–Crippen LogP) is 3.03. The number of anilines is 1. The van der Waals surface area contributed by atoms with Crippen molar-refractivity contribution < 1.29 is 18.7 Å². The largest absolute Gasteiger partial charge is 0.451 e. The van der Waals surface area contributed by atoms with E-state index in [1.54, 1.807) is 41.3 Å². The molecule has 0 aliphatic carbocycles. The molecule has 7 nitrogen and oxygen atoms in total. The van der Waals surface area contributed by atoms with Crippen LogP contribution in [0.25, 0.3) is 11.0 Å². The number of thiocarbonyl (C=S) groups is 1. The molecule has 1 aliphatic heterocycles. The van der Waals surface area contributed by atoms with Gasteiger partial charge in [-0.3, -0.25) is 14.9 Å². The van der Waals surface area contributed by atoms with Crippen molar-refractivity contribution in [1.29, 1.82) is 0 Å². The molecule has 4 rings (SSSR count). The lowest BCUT2D eigenvalue weighted by Gasteiger charge is -2.26. The molecule has 0 spiro atoms. The first-order valence-electron chi connectivity index (χ1n) is 9.18. The molecule has 1 saturated heterocycles. The van der Waals surface area contributed by atoms with Crippen molar-refractivity contribution in [3.05, 3.63) is 65.9 Å². The van der Waals surface area contributed by atoms with E-state index in [-0.39, 0.29) is 16.8 Å². The molecule has 2 aromatic carbocycles. The number of carbonyl (C=O) groups excluding carboxylic acids is 2. The molecule has 0 radical (unpaired) electrons. The summed E-state index contributed by atoms with van der Waals surface area (Å²) in [4.78, 5) is 26.6. The molecule has 2 heterocycles. The van der Waals surface area contributed by atoms with Gasteiger partial charge in [0.25, 0.3) is 11.8 Å². The monoisotopic (exact) mass is 409 g/mol. The van der Waals surface area contributed by atoms with Gasteiger partial charge < -0.3 is 19.4 Å². The van der Waals surface area contributed by atoms with Crippen LogP contribution in [0, 0.1) is 0 Å². The third kappa shape index (κ3) is 4.44. The summed E-state index contributed by atoms with van der Waals surface area (Å²) in [5.74, 6) is -0.278. The van der Waals surface area contributed by atoms with Crippen LogP contribution >= 0.6 is 12.2 Å². The van der Waals surface area contributed by atoms with E-state index >= 15 is 0 Å². The van der Waals surface area contributed by atoms with Crippen molar-refractivity contribution in [1.82, 2.24) is 10.2 Å². The first-order chi connectivity index (χ1) is 14.1. The van der Waals surface area contributed by atoms with Crippen molar-refractivity contribution in [2.45, 2.75) is 0 Å². The Hall–Kier alpha value is -3.23. The topological polar surface area (TPSA) is 83.8 Å². The minimum atomic E-state index is -0.433. The lowest BCUT2D eigenvalue weighted by atomic mass is 10.1. The highest BCUT2D eigenvalue weighted by Crippen LogP contribution is 2.18. The van der Waals surface area contributed by atoms with Crippen LogP contribution in [-0.2, 0) is 4.74 Å². The fourth-order valence-electron chi connectivity index (χ4n) is 3.07. The summed E-state index contributed by atoms with van der Waals surface area (Å²) in [5.41, 5.74) is 1.89. The standard InChI is InChI=1S/C21H19N3O4S/c25-19(18-13-15-3-1-2-4-17(15)28-18)23-21(29)22-16-7-5-14(6-8-16)20(26)24-9-11-27-12-10-24/h1-8,13H,9-12H2,(H2,22,23,25,29). The van der Waals surface area contributed by atoms with E-state index in [2.05, 4.69) is 10.6 Å². The highest BCUT2D eigenvalue weighted by atomic mass is 32.1. The summed E-state index contributed by atoms with van der Waals surface area (Å²) < 4.78 is 10.8. The van der Waals surface area contributed by atoms with Crippen LogP contribution in [0.2, 0.25) is 0 Å². The van der Waals surface area contributed by atoms with Crippen LogP contribution in [0.3, 0.4) is 0 Å². The first-order valence-corrected chi connectivity index (χ1v) is 9.59. The van der Waals surface area contributed by atoms with E-state index in [1.807, 2.05) is 18.2 Å². The molecule has 0 saturated carbocycles. The molecule has 3 aromatic rings. The Kier molecular flexibility index (Phi) is 5.55. The van der Waals surface area contributed by atoms with Crippen LogP contribution in [0.5, 0.6) is 0 Å². The average Bonchev–Trinajstić information content (AvgIpc) is 3.19. The number of hydrogen-bond donors (Lipinski definition) is 2. The van der Waals surface area contributed by atoms with E-state index < -0.39 is 5.91 Å². The molecule has 0 atom stereocenters. The van der Waals surface area contributed by atoms with Gasteiger partial charge in [0.2, 0.25) is 0 Å². The molecular formula is C21H19N3O4S. The van der Waals surface area contributed by atoms with Crippen LogP contribution in [0.1, 0.15) is 20.9 Å². The Morgan fingerprint density at radius 2 is 1.72 bits per heavy atom. The van der Waals surface area contributed by atoms with Gasteiger partial charge in [-0.05, 0) is 48.6 Å². The molecule has 1 fully saturated rings. The SMILES string of the molecule is O=C(NC(=S)Nc1ccc(C(=O)N2CCOCC2)cc1)c1cc2ccccc2o1. The van der Waals surface area contributed by atoms with Gasteiger partial charge in [0, 0.05) is 29.7 Å². The minimum Gasteiger partial charge on any atom is -0.451 e. The Balaban J connectivity index is 1.35. The van der Waals surface area contributed by atoms with Crippen molar-refractivity contribution in [3.8, 4) is 0 Å². The zero-order valence-electron chi connectivity index (χ0n) is 15.5. The molecular weight excluding hydrogens is 390 g/mol. The predicted molar refractivity (Wildman–Crippen MR) is 113 cm³/mol. The number of fused-ring (bicyclic) bond motifs is 1. The van der Waals surface area contributed by atoms with Crippen LogP contribution < -0.4 is 10.6 Å². The number of benzene rings is 2. The van der Waals surface area contributed by atoms with E-state index in [0.717, 1.165) is 5.39 Å². The molecule has 2 N–H and O–H groups in total. The summed E-state index contributed by atoms with van der Waals surface area (Å²) in [6.07, 6.45) is 0. The van der Waals surface area contributed by atoms with Crippen molar-refractivity contribution in [3.63, 3.8) is 0 Å². The number of hydrogen-bond acceptors (Lipinski definition) is 5. The third-order valence-corrected chi connectivity index (χ3v) is 4.77. The van der Waals surface area contributed by atoms with Crippen molar-refractivity contribution in [2.24, 2.45) is 0 Å². The molecule has 2 amide bonds. The number of morpholine rings is 1. The second kappa shape index (κ2) is 8.42. The molecule has 1 aromatic heterocycles. The quantitative estimate of drug-likeness (QED) is 0.647. The van der Waals surface area contributed by atoms with Gasteiger partial charge in [-0.15, -0.1) is 0 Å². The van der Waals surface area contributed by atoms with E-state index in [1.165, 1.54) is 0 Å². The van der Waals surface area contributed by atoms with Gasteiger partial charge in [-0.1, -0.05) is 18.2 Å². The average molecular weight is 409 g/mol. The second-order valence-electron chi connectivity index (χ2n) is 6.54. The minimum absolute atomic E-state index is 0.0272. The van der Waals surface area contributed by atoms with Crippen molar-refractivity contribution in [2.75, 3.05) is 31.6 Å². The normalized spacial score (nSPS) is 13.9. The van der Waals surface area contributed by atoms with E-state index in [4.69, 9.17) is 21.4 Å². The third-order valence-electron chi connectivity index (χ3n) is 4.56. The number of furan rings is 1. The maximum atomic E-state index is 12.5. The number of para-hydroxylation sites is 1. The van der Waals surface area contributed by atoms with Crippen molar-refractivity contribution >= 4 is 45.8 Å². The zero-order valence-corrected chi connectivity index (χ0v) is 16.3. The molecule has 148 valence electrons. The van der Waals surface area contributed by atoms with Gasteiger partial charge in [0.05, 0.1) is 13.2 Å². The summed E-state index contributed by atoms with van der Waals surface area (Å²) >= 11 is 5.21. The highest BCUT2D eigenvalue weighted by Gasteiger charge is 2.18. The maximum Gasteiger partial charge on any atom is 0.293 e. The first kappa shape index (κ1) is 19.1. The Morgan fingerprint density at radius 3 is 2.45 bits per heavy atom.